The fourth-order valence-electron chi connectivity index (χ4n) is 2.44. The second kappa shape index (κ2) is 3.67. The third-order valence-electron chi connectivity index (χ3n) is 3.00. The Balaban J connectivity index is 1.80. The summed E-state index contributed by atoms with van der Waals surface area (Å²) in [6, 6.07) is 1.33. The number of carbonyl (C=O) groups excluding carboxylic acids is 1. The van der Waals surface area contributed by atoms with Crippen molar-refractivity contribution in [2.24, 2.45) is 0 Å². The topological polar surface area (TPSA) is 50.4 Å². The van der Waals surface area contributed by atoms with Gasteiger partial charge in [-0.25, -0.2) is 4.79 Å². The summed E-state index contributed by atoms with van der Waals surface area (Å²) in [6.07, 6.45) is 3.17. The van der Waals surface area contributed by atoms with Gasteiger partial charge in [-0.3, -0.25) is 0 Å². The van der Waals surface area contributed by atoms with Gasteiger partial charge in [-0.1, -0.05) is 0 Å². The van der Waals surface area contributed by atoms with Crippen molar-refractivity contribution in [1.29, 1.82) is 0 Å². The molecule has 86 valence electrons. The lowest BCUT2D eigenvalue weighted by Gasteiger charge is -2.25. The van der Waals surface area contributed by atoms with Crippen LogP contribution in [0.5, 0.6) is 0 Å². The number of rotatable bonds is 1. The molecule has 2 rings (SSSR count). The Bertz CT molecular complexity index is 260. The van der Waals surface area contributed by atoms with E-state index in [2.05, 4.69) is 10.6 Å². The van der Waals surface area contributed by atoms with Crippen molar-refractivity contribution in [3.05, 3.63) is 0 Å². The number of ether oxygens (including phenoxy) is 1. The summed E-state index contributed by atoms with van der Waals surface area (Å²) in [5.74, 6) is 0. The van der Waals surface area contributed by atoms with Crippen LogP contribution in [0, 0.1) is 0 Å². The van der Waals surface area contributed by atoms with E-state index in [1.165, 1.54) is 12.8 Å². The van der Waals surface area contributed by atoms with Crippen molar-refractivity contribution in [3.8, 4) is 0 Å². The molecule has 2 aliphatic heterocycles. The summed E-state index contributed by atoms with van der Waals surface area (Å²) in [7, 11) is 0. The van der Waals surface area contributed by atoms with Gasteiger partial charge < -0.3 is 15.4 Å². The molecule has 2 saturated heterocycles. The van der Waals surface area contributed by atoms with E-state index in [9.17, 15) is 4.79 Å². The third-order valence-corrected chi connectivity index (χ3v) is 3.00. The molecule has 2 N–H and O–H groups in total. The highest BCUT2D eigenvalue weighted by molar-refractivity contribution is 5.68. The van der Waals surface area contributed by atoms with Crippen LogP contribution in [0.25, 0.3) is 0 Å². The predicted octanol–water partition coefficient (Wildman–Crippen LogP) is 1.40. The predicted molar refractivity (Wildman–Crippen MR) is 57.7 cm³/mol. The van der Waals surface area contributed by atoms with Crippen LogP contribution in [-0.2, 0) is 4.74 Å². The first-order valence-corrected chi connectivity index (χ1v) is 5.69. The van der Waals surface area contributed by atoms with Crippen LogP contribution in [0.4, 0.5) is 4.79 Å². The van der Waals surface area contributed by atoms with Gasteiger partial charge in [0.1, 0.15) is 5.60 Å². The first-order valence-electron chi connectivity index (χ1n) is 5.69. The number of carbonyl (C=O) groups is 1. The van der Waals surface area contributed by atoms with Crippen molar-refractivity contribution < 1.29 is 9.53 Å². The van der Waals surface area contributed by atoms with Crippen molar-refractivity contribution in [3.63, 3.8) is 0 Å². The third kappa shape index (κ3) is 2.62. The molecule has 0 aliphatic carbocycles. The molecule has 2 bridgehead atoms. The van der Waals surface area contributed by atoms with E-state index in [0.717, 1.165) is 6.42 Å². The largest absolute Gasteiger partial charge is 0.444 e. The van der Waals surface area contributed by atoms with Gasteiger partial charge in [0.15, 0.2) is 0 Å². The Morgan fingerprint density at radius 2 is 2.13 bits per heavy atom. The molecule has 4 nitrogen and oxygen atoms in total. The van der Waals surface area contributed by atoms with Crippen LogP contribution in [0.1, 0.15) is 40.0 Å². The Kier molecular flexibility index (Phi) is 2.63. The fourth-order valence-corrected chi connectivity index (χ4v) is 2.44. The average Bonchev–Trinajstić information content (AvgIpc) is 2.60. The molecule has 2 fully saturated rings. The maximum Gasteiger partial charge on any atom is 0.407 e. The highest BCUT2D eigenvalue weighted by Crippen LogP contribution is 2.28. The normalized spacial score (nSPS) is 34.2. The first-order chi connectivity index (χ1) is 6.94. The van der Waals surface area contributed by atoms with Crippen LogP contribution >= 0.6 is 0 Å². The molecular formula is C11H20N2O2. The highest BCUT2D eigenvalue weighted by atomic mass is 16.6. The van der Waals surface area contributed by atoms with Crippen LogP contribution in [-0.4, -0.2) is 29.8 Å². The van der Waals surface area contributed by atoms with Gasteiger partial charge in [0, 0.05) is 18.1 Å². The Labute approximate surface area is 90.8 Å². The molecule has 4 heteroatoms. The SMILES string of the molecule is CC(C)(C)OC(=O)N[C@H]1C[C@H]2CC[C@@H]1N2. The van der Waals surface area contributed by atoms with E-state index in [1.54, 1.807) is 0 Å². The molecule has 0 spiro atoms. The number of fused-ring (bicyclic) bond motifs is 2. The molecule has 0 aromatic carbocycles. The summed E-state index contributed by atoms with van der Waals surface area (Å²) in [5.41, 5.74) is -0.408. The van der Waals surface area contributed by atoms with Crippen molar-refractivity contribution in [1.82, 2.24) is 10.6 Å². The zero-order valence-corrected chi connectivity index (χ0v) is 9.67. The molecule has 3 atom stereocenters. The first kappa shape index (κ1) is 10.7. The molecule has 1 amide bonds. The van der Waals surface area contributed by atoms with Gasteiger partial charge in [0.05, 0.1) is 0 Å². The van der Waals surface area contributed by atoms with Gasteiger partial charge in [0.2, 0.25) is 0 Å². The summed E-state index contributed by atoms with van der Waals surface area (Å²) < 4.78 is 5.23. The van der Waals surface area contributed by atoms with Crippen LogP contribution in [0.2, 0.25) is 0 Å². The van der Waals surface area contributed by atoms with Crippen molar-refractivity contribution in [2.45, 2.75) is 63.8 Å². The second-order valence-corrected chi connectivity index (χ2v) is 5.54. The Hall–Kier alpha value is -0.770. The highest BCUT2D eigenvalue weighted by Gasteiger charge is 2.40. The maximum atomic E-state index is 11.5. The van der Waals surface area contributed by atoms with Crippen LogP contribution in [0.3, 0.4) is 0 Å². The van der Waals surface area contributed by atoms with Gasteiger partial charge in [0.25, 0.3) is 0 Å². The Morgan fingerprint density at radius 3 is 2.60 bits per heavy atom. The molecule has 2 aliphatic rings. The average molecular weight is 212 g/mol. The zero-order chi connectivity index (χ0) is 11.1. The molecule has 15 heavy (non-hydrogen) atoms. The van der Waals surface area contributed by atoms with Crippen molar-refractivity contribution >= 4 is 6.09 Å². The quantitative estimate of drug-likeness (QED) is 0.691. The van der Waals surface area contributed by atoms with Gasteiger partial charge in [-0.15, -0.1) is 0 Å². The van der Waals surface area contributed by atoms with E-state index in [4.69, 9.17) is 4.74 Å². The molecular weight excluding hydrogens is 192 g/mol. The van der Waals surface area contributed by atoms with E-state index in [-0.39, 0.29) is 12.1 Å². The van der Waals surface area contributed by atoms with E-state index < -0.39 is 5.60 Å². The minimum atomic E-state index is -0.408. The number of amides is 1. The number of hydrogen-bond donors (Lipinski definition) is 2. The molecule has 2 heterocycles. The number of hydrogen-bond acceptors (Lipinski definition) is 3. The summed E-state index contributed by atoms with van der Waals surface area (Å²) >= 11 is 0. The second-order valence-electron chi connectivity index (χ2n) is 5.54. The fraction of sp³-hybridized carbons (Fsp3) is 0.909. The van der Waals surface area contributed by atoms with Gasteiger partial charge in [-0.05, 0) is 40.0 Å². The smallest absolute Gasteiger partial charge is 0.407 e. The molecule has 0 radical (unpaired) electrons. The molecule has 0 unspecified atom stereocenters. The van der Waals surface area contributed by atoms with Crippen molar-refractivity contribution in [2.75, 3.05) is 0 Å². The van der Waals surface area contributed by atoms with Crippen LogP contribution in [0.15, 0.2) is 0 Å². The van der Waals surface area contributed by atoms with Gasteiger partial charge in [-0.2, -0.15) is 0 Å². The minimum absolute atomic E-state index is 0.263. The Morgan fingerprint density at radius 1 is 1.40 bits per heavy atom. The van der Waals surface area contributed by atoms with E-state index in [1.807, 2.05) is 20.8 Å². The van der Waals surface area contributed by atoms with E-state index >= 15 is 0 Å². The summed E-state index contributed by atoms with van der Waals surface area (Å²) in [4.78, 5) is 11.5. The molecule has 0 aromatic rings. The lowest BCUT2D eigenvalue weighted by Crippen LogP contribution is -2.45. The van der Waals surface area contributed by atoms with E-state index in [0.29, 0.717) is 12.1 Å². The molecule has 0 aromatic heterocycles. The van der Waals surface area contributed by atoms with Crippen LogP contribution < -0.4 is 10.6 Å². The zero-order valence-electron chi connectivity index (χ0n) is 9.67. The standard InChI is InChI=1S/C11H20N2O2/c1-11(2,3)15-10(14)13-9-6-7-4-5-8(9)12-7/h7-9,12H,4-6H2,1-3H3,(H,13,14)/t7-,8+,9+/m1/s1. The monoisotopic (exact) mass is 212 g/mol. The lowest BCUT2D eigenvalue weighted by atomic mass is 9.96. The minimum Gasteiger partial charge on any atom is -0.444 e. The molecule has 0 saturated carbocycles. The maximum absolute atomic E-state index is 11.5. The number of alkyl carbamates (subject to hydrolysis) is 1. The van der Waals surface area contributed by atoms with Gasteiger partial charge >= 0.3 is 6.09 Å². The summed E-state index contributed by atoms with van der Waals surface area (Å²) in [5, 5.41) is 6.42. The lowest BCUT2D eigenvalue weighted by molar-refractivity contribution is 0.0497. The summed E-state index contributed by atoms with van der Waals surface area (Å²) in [6.45, 7) is 5.64. The number of nitrogens with one attached hydrogen (secondary N) is 2.